The molecule has 0 aromatic heterocycles. The second-order valence-corrected chi connectivity index (χ2v) is 12.4. The monoisotopic (exact) mass is 253 g/mol. The maximum absolute atomic E-state index is 3.50. The molecule has 1 N–H and O–H groups in total. The molecule has 82 valence electrons. The zero-order valence-corrected chi connectivity index (χ0v) is 12.4. The van der Waals surface area contributed by atoms with Crippen molar-refractivity contribution in [3.8, 4) is 0 Å². The van der Waals surface area contributed by atoms with Crippen molar-refractivity contribution >= 4 is 16.2 Å². The third-order valence-corrected chi connectivity index (χ3v) is 11.0. The molecule has 0 saturated carbocycles. The molecule has 1 rings (SSSR count). The molecular weight excluding hydrogens is 228 g/mol. The predicted octanol–water partition coefficient (Wildman–Crippen LogP) is 3.44. The quantitative estimate of drug-likeness (QED) is 0.565. The molecule has 0 aliphatic carbocycles. The SMILES string of the molecule is CC(C)NCCC[CH2][Ga]1[CH2]CCC[CH2]1. The molecular formula is C12H26GaN. The Hall–Kier alpha value is 0.596. The third-order valence-electron chi connectivity index (χ3n) is 3.32. The molecule has 0 aromatic rings. The van der Waals surface area contributed by atoms with Crippen LogP contribution in [0.4, 0.5) is 0 Å². The van der Waals surface area contributed by atoms with Crippen molar-refractivity contribution in [1.29, 1.82) is 0 Å². The van der Waals surface area contributed by atoms with Crippen molar-refractivity contribution in [1.82, 2.24) is 5.32 Å². The molecule has 0 radical (unpaired) electrons. The second kappa shape index (κ2) is 7.83. The van der Waals surface area contributed by atoms with Crippen LogP contribution in [0.2, 0.25) is 14.9 Å². The van der Waals surface area contributed by atoms with Crippen molar-refractivity contribution in [3.05, 3.63) is 0 Å². The molecule has 2 heteroatoms. The van der Waals surface area contributed by atoms with E-state index >= 15 is 0 Å². The fraction of sp³-hybridized carbons (Fsp3) is 1.00. The molecule has 1 fully saturated rings. The zero-order valence-electron chi connectivity index (χ0n) is 10.0. The van der Waals surface area contributed by atoms with Crippen LogP contribution in [0.15, 0.2) is 0 Å². The minimum absolute atomic E-state index is 0.672. The third kappa shape index (κ3) is 6.15. The molecule has 1 nitrogen and oxygen atoms in total. The standard InChI is InChI=1S/C7H16N.C5H10.Ga/c1-4-5-6-8-7(2)3;1-3-5-4-2;/h7-8H,1,4-6H2,2-3H3;1-5H2;. The van der Waals surface area contributed by atoms with E-state index in [0.717, 1.165) is 0 Å². The van der Waals surface area contributed by atoms with E-state index in [1.54, 1.807) is 27.8 Å². The summed E-state index contributed by atoms with van der Waals surface area (Å²) in [6.45, 7) is 5.71. The average Bonchev–Trinajstić information content (AvgIpc) is 2.18. The molecule has 1 aliphatic rings. The summed E-state index contributed by atoms with van der Waals surface area (Å²) in [5.74, 6) is 0. The Morgan fingerprint density at radius 2 is 1.79 bits per heavy atom. The van der Waals surface area contributed by atoms with E-state index in [1.807, 2.05) is 0 Å². The Kier molecular flexibility index (Phi) is 7.09. The van der Waals surface area contributed by atoms with Gasteiger partial charge in [0.2, 0.25) is 0 Å². The summed E-state index contributed by atoms with van der Waals surface area (Å²) in [6.07, 6.45) is 7.63. The number of hydrogen-bond donors (Lipinski definition) is 1. The Morgan fingerprint density at radius 1 is 1.07 bits per heavy atom. The topological polar surface area (TPSA) is 12.0 Å². The fourth-order valence-corrected chi connectivity index (χ4v) is 9.69. The van der Waals surface area contributed by atoms with Crippen LogP contribution in [0.1, 0.15) is 46.0 Å². The van der Waals surface area contributed by atoms with Crippen LogP contribution in [-0.4, -0.2) is 28.8 Å². The van der Waals surface area contributed by atoms with Gasteiger partial charge in [0.25, 0.3) is 0 Å². The van der Waals surface area contributed by atoms with Crippen molar-refractivity contribution in [2.75, 3.05) is 6.54 Å². The van der Waals surface area contributed by atoms with Crippen LogP contribution < -0.4 is 5.32 Å². The molecule has 0 aromatic carbocycles. The van der Waals surface area contributed by atoms with E-state index in [2.05, 4.69) is 19.2 Å². The van der Waals surface area contributed by atoms with E-state index in [-0.39, 0.29) is 0 Å². The first kappa shape index (κ1) is 12.7. The van der Waals surface area contributed by atoms with E-state index in [1.165, 1.54) is 25.8 Å². The molecule has 0 bridgehead atoms. The van der Waals surface area contributed by atoms with Gasteiger partial charge in [-0.05, 0) is 0 Å². The van der Waals surface area contributed by atoms with Crippen LogP contribution in [0.5, 0.6) is 0 Å². The van der Waals surface area contributed by atoms with Crippen LogP contribution in [0, 0.1) is 0 Å². The molecule has 0 amide bonds. The van der Waals surface area contributed by atoms with Gasteiger partial charge >= 0.3 is 95.0 Å². The molecule has 14 heavy (non-hydrogen) atoms. The summed E-state index contributed by atoms with van der Waals surface area (Å²) in [5, 5.41) is 3.50. The fourth-order valence-electron chi connectivity index (χ4n) is 2.42. The second-order valence-electron chi connectivity index (χ2n) is 5.11. The van der Waals surface area contributed by atoms with Gasteiger partial charge in [0, 0.05) is 0 Å². The Balaban J connectivity index is 1.87. The normalized spacial score (nSPS) is 17.8. The molecule has 1 saturated heterocycles. The average molecular weight is 254 g/mol. The van der Waals surface area contributed by atoms with E-state index in [0.29, 0.717) is 6.04 Å². The van der Waals surface area contributed by atoms with Gasteiger partial charge < -0.3 is 0 Å². The van der Waals surface area contributed by atoms with Gasteiger partial charge in [0.15, 0.2) is 0 Å². The van der Waals surface area contributed by atoms with Crippen LogP contribution >= 0.6 is 0 Å². The minimum atomic E-state index is -0.674. The summed E-state index contributed by atoms with van der Waals surface area (Å²) in [6, 6.07) is 0.672. The number of rotatable bonds is 6. The van der Waals surface area contributed by atoms with Crippen LogP contribution in [0.3, 0.4) is 0 Å². The van der Waals surface area contributed by atoms with E-state index < -0.39 is 16.2 Å². The van der Waals surface area contributed by atoms with Crippen molar-refractivity contribution < 1.29 is 0 Å². The molecule has 0 unspecified atom stereocenters. The molecule has 1 heterocycles. The van der Waals surface area contributed by atoms with Crippen molar-refractivity contribution in [3.63, 3.8) is 0 Å². The van der Waals surface area contributed by atoms with Crippen LogP contribution in [0.25, 0.3) is 0 Å². The summed E-state index contributed by atoms with van der Waals surface area (Å²) < 4.78 is 0. The van der Waals surface area contributed by atoms with Gasteiger partial charge in [-0.1, -0.05) is 0 Å². The molecule has 0 spiro atoms. The number of unbranched alkanes of at least 4 members (excludes halogenated alkanes) is 1. The Morgan fingerprint density at radius 3 is 2.43 bits per heavy atom. The van der Waals surface area contributed by atoms with Crippen molar-refractivity contribution in [2.45, 2.75) is 66.9 Å². The zero-order chi connectivity index (χ0) is 10.2. The molecule has 1 aliphatic heterocycles. The van der Waals surface area contributed by atoms with E-state index in [4.69, 9.17) is 0 Å². The first-order chi connectivity index (χ1) is 6.79. The first-order valence-corrected chi connectivity index (χ1v) is 11.7. The van der Waals surface area contributed by atoms with E-state index in [9.17, 15) is 0 Å². The van der Waals surface area contributed by atoms with Gasteiger partial charge in [-0.3, -0.25) is 0 Å². The Bertz CT molecular complexity index is 130. The predicted molar refractivity (Wildman–Crippen MR) is 66.4 cm³/mol. The van der Waals surface area contributed by atoms with Gasteiger partial charge in [-0.15, -0.1) is 0 Å². The first-order valence-electron chi connectivity index (χ1n) is 6.52. The van der Waals surface area contributed by atoms with Gasteiger partial charge in [-0.25, -0.2) is 0 Å². The van der Waals surface area contributed by atoms with Crippen molar-refractivity contribution in [2.24, 2.45) is 0 Å². The number of nitrogens with one attached hydrogen (secondary N) is 1. The Labute approximate surface area is 95.1 Å². The van der Waals surface area contributed by atoms with Crippen LogP contribution in [-0.2, 0) is 0 Å². The summed E-state index contributed by atoms with van der Waals surface area (Å²) in [7, 11) is 0. The van der Waals surface area contributed by atoms with Gasteiger partial charge in [0.05, 0.1) is 0 Å². The summed E-state index contributed by atoms with van der Waals surface area (Å²) in [4.78, 5) is 5.07. The maximum atomic E-state index is 3.50. The summed E-state index contributed by atoms with van der Waals surface area (Å²) in [5.41, 5.74) is 0. The summed E-state index contributed by atoms with van der Waals surface area (Å²) >= 11 is -0.674. The van der Waals surface area contributed by atoms with Gasteiger partial charge in [-0.2, -0.15) is 0 Å². The molecule has 0 atom stereocenters. The van der Waals surface area contributed by atoms with Gasteiger partial charge in [0.1, 0.15) is 0 Å². The number of hydrogen-bond acceptors (Lipinski definition) is 1.